The van der Waals surface area contributed by atoms with E-state index >= 15 is 0 Å². The summed E-state index contributed by atoms with van der Waals surface area (Å²) in [6.07, 6.45) is 2.02. The molecule has 128 valence electrons. The molecule has 1 amide bonds. The highest BCUT2D eigenvalue weighted by atomic mass is 32.1. The van der Waals surface area contributed by atoms with Gasteiger partial charge in [-0.15, -0.1) is 11.3 Å². The SMILES string of the molecule is Cc1ccc(CCNC(=O)c2ccc(-c3ccnc(N)n3)s2)c(F)c1. The molecule has 0 bridgehead atoms. The zero-order chi connectivity index (χ0) is 17.8. The van der Waals surface area contributed by atoms with Gasteiger partial charge < -0.3 is 11.1 Å². The van der Waals surface area contributed by atoms with Crippen molar-refractivity contribution in [1.29, 1.82) is 0 Å². The predicted octanol–water partition coefficient (Wildman–Crippen LogP) is 3.21. The van der Waals surface area contributed by atoms with Gasteiger partial charge in [0, 0.05) is 12.7 Å². The summed E-state index contributed by atoms with van der Waals surface area (Å²) in [7, 11) is 0. The van der Waals surface area contributed by atoms with E-state index in [2.05, 4.69) is 15.3 Å². The Kier molecular flexibility index (Phi) is 5.04. The largest absolute Gasteiger partial charge is 0.368 e. The van der Waals surface area contributed by atoms with Gasteiger partial charge in [-0.2, -0.15) is 0 Å². The molecule has 0 unspecified atom stereocenters. The van der Waals surface area contributed by atoms with Crippen molar-refractivity contribution >= 4 is 23.2 Å². The number of rotatable bonds is 5. The van der Waals surface area contributed by atoms with Gasteiger partial charge in [0.2, 0.25) is 5.95 Å². The van der Waals surface area contributed by atoms with E-state index in [1.165, 1.54) is 17.4 Å². The topological polar surface area (TPSA) is 80.9 Å². The van der Waals surface area contributed by atoms with E-state index < -0.39 is 0 Å². The summed E-state index contributed by atoms with van der Waals surface area (Å²) in [5.74, 6) is -0.239. The average molecular weight is 356 g/mol. The Morgan fingerprint density at radius 2 is 2.12 bits per heavy atom. The maximum absolute atomic E-state index is 13.8. The maximum Gasteiger partial charge on any atom is 0.261 e. The molecule has 3 N–H and O–H groups in total. The van der Waals surface area contributed by atoms with Crippen LogP contribution in [-0.2, 0) is 6.42 Å². The summed E-state index contributed by atoms with van der Waals surface area (Å²) in [6.45, 7) is 2.21. The average Bonchev–Trinajstić information content (AvgIpc) is 3.07. The van der Waals surface area contributed by atoms with E-state index in [9.17, 15) is 9.18 Å². The van der Waals surface area contributed by atoms with Crippen molar-refractivity contribution in [1.82, 2.24) is 15.3 Å². The minimum Gasteiger partial charge on any atom is -0.368 e. The van der Waals surface area contributed by atoms with Crippen LogP contribution in [0.2, 0.25) is 0 Å². The van der Waals surface area contributed by atoms with Gasteiger partial charge in [-0.1, -0.05) is 12.1 Å². The van der Waals surface area contributed by atoms with Crippen molar-refractivity contribution in [3.63, 3.8) is 0 Å². The number of hydrogen-bond acceptors (Lipinski definition) is 5. The normalized spacial score (nSPS) is 10.6. The molecule has 0 aliphatic heterocycles. The minimum atomic E-state index is -0.242. The van der Waals surface area contributed by atoms with E-state index in [1.54, 1.807) is 24.4 Å². The molecule has 3 rings (SSSR count). The smallest absolute Gasteiger partial charge is 0.261 e. The first-order valence-electron chi connectivity index (χ1n) is 7.75. The lowest BCUT2D eigenvalue weighted by Crippen LogP contribution is -2.25. The molecule has 0 fully saturated rings. The van der Waals surface area contributed by atoms with Crippen LogP contribution < -0.4 is 11.1 Å². The molecule has 0 atom stereocenters. The molecule has 2 heterocycles. The fourth-order valence-corrected chi connectivity index (χ4v) is 3.25. The molecule has 0 aliphatic carbocycles. The molecule has 7 heteroatoms. The first-order valence-corrected chi connectivity index (χ1v) is 8.56. The standard InChI is InChI=1S/C18H17FN4OS/c1-11-2-3-12(13(19)10-11)6-8-21-17(24)16-5-4-15(25-16)14-7-9-22-18(20)23-14/h2-5,7,9-10H,6,8H2,1H3,(H,21,24)(H2,20,22,23). The first kappa shape index (κ1) is 17.0. The molecule has 0 radical (unpaired) electrons. The van der Waals surface area contributed by atoms with Crippen molar-refractivity contribution in [2.45, 2.75) is 13.3 Å². The number of anilines is 1. The molecule has 3 aromatic rings. The van der Waals surface area contributed by atoms with Crippen LogP contribution in [0.5, 0.6) is 0 Å². The lowest BCUT2D eigenvalue weighted by Gasteiger charge is -2.06. The number of aryl methyl sites for hydroxylation is 1. The molecule has 0 saturated carbocycles. The van der Waals surface area contributed by atoms with Gasteiger partial charge in [-0.05, 0) is 48.7 Å². The van der Waals surface area contributed by atoms with Crippen molar-refractivity contribution < 1.29 is 9.18 Å². The number of nitrogen functional groups attached to an aromatic ring is 1. The number of nitrogens with one attached hydrogen (secondary N) is 1. The Morgan fingerprint density at radius 3 is 2.88 bits per heavy atom. The second-order valence-corrected chi connectivity index (χ2v) is 6.65. The van der Waals surface area contributed by atoms with Crippen LogP contribution in [0, 0.1) is 12.7 Å². The Labute approximate surface area is 148 Å². The fraction of sp³-hybridized carbons (Fsp3) is 0.167. The Hall–Kier alpha value is -2.80. The zero-order valence-electron chi connectivity index (χ0n) is 13.6. The van der Waals surface area contributed by atoms with E-state index in [4.69, 9.17) is 5.73 Å². The van der Waals surface area contributed by atoms with Crippen molar-refractivity contribution in [3.8, 4) is 10.6 Å². The highest BCUT2D eigenvalue weighted by Gasteiger charge is 2.11. The molecule has 1 aromatic carbocycles. The number of amides is 1. The van der Waals surface area contributed by atoms with Crippen LogP contribution in [0.4, 0.5) is 10.3 Å². The number of hydrogen-bond donors (Lipinski definition) is 2. The predicted molar refractivity (Wildman–Crippen MR) is 96.9 cm³/mol. The Balaban J connectivity index is 1.60. The van der Waals surface area contributed by atoms with E-state index in [1.807, 2.05) is 19.1 Å². The Morgan fingerprint density at radius 1 is 1.28 bits per heavy atom. The van der Waals surface area contributed by atoms with Gasteiger partial charge >= 0.3 is 0 Å². The molecular formula is C18H17FN4OS. The lowest BCUT2D eigenvalue weighted by atomic mass is 10.1. The third-order valence-electron chi connectivity index (χ3n) is 3.64. The van der Waals surface area contributed by atoms with Crippen LogP contribution >= 0.6 is 11.3 Å². The maximum atomic E-state index is 13.8. The monoisotopic (exact) mass is 356 g/mol. The summed E-state index contributed by atoms with van der Waals surface area (Å²) in [4.78, 5) is 21.6. The lowest BCUT2D eigenvalue weighted by molar-refractivity contribution is 0.0958. The highest BCUT2D eigenvalue weighted by Crippen LogP contribution is 2.26. The summed E-state index contributed by atoms with van der Waals surface area (Å²) < 4.78 is 13.8. The van der Waals surface area contributed by atoms with Gasteiger partial charge in [-0.25, -0.2) is 14.4 Å². The minimum absolute atomic E-state index is 0.189. The molecule has 5 nitrogen and oxygen atoms in total. The van der Waals surface area contributed by atoms with Crippen molar-refractivity contribution in [3.05, 3.63) is 64.4 Å². The number of benzene rings is 1. The number of nitrogens with zero attached hydrogens (tertiary/aromatic N) is 2. The molecule has 2 aromatic heterocycles. The van der Waals surface area contributed by atoms with Gasteiger partial charge in [0.05, 0.1) is 15.4 Å². The van der Waals surface area contributed by atoms with Gasteiger partial charge in [0.1, 0.15) is 5.82 Å². The summed E-state index contributed by atoms with van der Waals surface area (Å²) in [5, 5.41) is 2.81. The number of nitrogens with two attached hydrogens (primary N) is 1. The first-order chi connectivity index (χ1) is 12.0. The zero-order valence-corrected chi connectivity index (χ0v) is 14.4. The van der Waals surface area contributed by atoms with Crippen LogP contribution in [0.15, 0.2) is 42.6 Å². The third kappa shape index (κ3) is 4.19. The second-order valence-electron chi connectivity index (χ2n) is 5.56. The summed E-state index contributed by atoms with van der Waals surface area (Å²) in [6, 6.07) is 10.4. The quantitative estimate of drug-likeness (QED) is 0.735. The van der Waals surface area contributed by atoms with Crippen molar-refractivity contribution in [2.24, 2.45) is 0 Å². The Bertz CT molecular complexity index is 910. The number of thiophene rings is 1. The molecule has 0 spiro atoms. The third-order valence-corrected chi connectivity index (χ3v) is 4.75. The highest BCUT2D eigenvalue weighted by molar-refractivity contribution is 7.17. The van der Waals surface area contributed by atoms with Crippen LogP contribution in [0.3, 0.4) is 0 Å². The molecular weight excluding hydrogens is 339 g/mol. The second kappa shape index (κ2) is 7.40. The van der Waals surface area contributed by atoms with Gasteiger partial charge in [0.15, 0.2) is 0 Å². The van der Waals surface area contributed by atoms with Gasteiger partial charge in [0.25, 0.3) is 5.91 Å². The molecule has 0 aliphatic rings. The fourth-order valence-electron chi connectivity index (χ4n) is 2.36. The summed E-state index contributed by atoms with van der Waals surface area (Å²) >= 11 is 1.32. The molecule has 0 saturated heterocycles. The van der Waals surface area contributed by atoms with Crippen LogP contribution in [0.25, 0.3) is 10.6 Å². The van der Waals surface area contributed by atoms with E-state index in [0.29, 0.717) is 29.1 Å². The van der Waals surface area contributed by atoms with Crippen LogP contribution in [0.1, 0.15) is 20.8 Å². The molecule has 25 heavy (non-hydrogen) atoms. The van der Waals surface area contributed by atoms with Crippen LogP contribution in [-0.4, -0.2) is 22.4 Å². The van der Waals surface area contributed by atoms with E-state index in [-0.39, 0.29) is 17.7 Å². The summed E-state index contributed by atoms with van der Waals surface area (Å²) in [5.41, 5.74) is 7.72. The number of carbonyl (C=O) groups is 1. The number of carbonyl (C=O) groups excluding carboxylic acids is 1. The van der Waals surface area contributed by atoms with E-state index in [0.717, 1.165) is 10.4 Å². The van der Waals surface area contributed by atoms with Gasteiger partial charge in [-0.3, -0.25) is 4.79 Å². The number of aromatic nitrogens is 2. The number of halogens is 1. The van der Waals surface area contributed by atoms with Crippen molar-refractivity contribution in [2.75, 3.05) is 12.3 Å².